The van der Waals surface area contributed by atoms with Gasteiger partial charge in [0.15, 0.2) is 11.4 Å². The van der Waals surface area contributed by atoms with Crippen LogP contribution >= 0.6 is 0 Å². The van der Waals surface area contributed by atoms with E-state index in [1.54, 1.807) is 38.1 Å². The number of aryl methyl sites for hydroxylation is 1. The van der Waals surface area contributed by atoms with Crippen LogP contribution in [0.3, 0.4) is 0 Å². The van der Waals surface area contributed by atoms with Crippen LogP contribution in [0.25, 0.3) is 11.1 Å². The molecule has 1 atom stereocenters. The molecule has 0 radical (unpaired) electrons. The highest BCUT2D eigenvalue weighted by molar-refractivity contribution is 7.92. The lowest BCUT2D eigenvalue weighted by molar-refractivity contribution is -0.135. The van der Waals surface area contributed by atoms with E-state index in [9.17, 15) is 18.0 Å². The van der Waals surface area contributed by atoms with Crippen molar-refractivity contribution in [1.29, 1.82) is 0 Å². The number of nitrogens with one attached hydrogen (secondary N) is 1. The minimum Gasteiger partial charge on any atom is -0.377 e. The van der Waals surface area contributed by atoms with E-state index < -0.39 is 15.6 Å². The second-order valence-corrected chi connectivity index (χ2v) is 15.1. The molecule has 1 saturated carbocycles. The van der Waals surface area contributed by atoms with Gasteiger partial charge in [0.1, 0.15) is 11.6 Å². The molecule has 3 aliphatic rings. The van der Waals surface area contributed by atoms with Crippen LogP contribution in [0, 0.1) is 19.8 Å². The molecule has 2 aliphatic heterocycles. The molecule has 12 heteroatoms. The summed E-state index contributed by atoms with van der Waals surface area (Å²) >= 11 is 0. The monoisotopic (exact) mass is 689 g/mol. The molecule has 11 nitrogen and oxygen atoms in total. The Kier molecular flexibility index (Phi) is 10.3. The molecular formula is C37H47N5O6S. The van der Waals surface area contributed by atoms with Gasteiger partial charge >= 0.3 is 0 Å². The normalized spacial score (nSPS) is 19.8. The molecule has 1 spiro atoms. The van der Waals surface area contributed by atoms with Crippen LogP contribution in [0.2, 0.25) is 0 Å². The SMILES string of the molecule is CCCCC1=N[C@]2(CCN(C(=O)C3CCCC3)C2)C(=O)N1Cc1ccc(-c2ccccc2S(=O)(=O)Nc2noc(C)c2C)c(COCC)c1. The molecule has 1 N–H and O–H groups in total. The van der Waals surface area contributed by atoms with E-state index in [2.05, 4.69) is 16.8 Å². The number of amides is 2. The lowest BCUT2D eigenvalue weighted by atomic mass is 9.96. The van der Waals surface area contributed by atoms with Crippen LogP contribution in [-0.2, 0) is 37.5 Å². The van der Waals surface area contributed by atoms with Gasteiger partial charge in [-0.15, -0.1) is 0 Å². The Bertz CT molecular complexity index is 1850. The summed E-state index contributed by atoms with van der Waals surface area (Å²) in [5.74, 6) is 1.66. The fourth-order valence-corrected chi connectivity index (χ4v) is 8.51. The zero-order chi connectivity index (χ0) is 34.8. The van der Waals surface area contributed by atoms with Crippen molar-refractivity contribution >= 4 is 33.5 Å². The first kappa shape index (κ1) is 34.8. The van der Waals surface area contributed by atoms with Gasteiger partial charge in [-0.2, -0.15) is 0 Å². The minimum absolute atomic E-state index is 0.0448. The highest BCUT2D eigenvalue weighted by Crippen LogP contribution is 2.38. The quantitative estimate of drug-likeness (QED) is 0.220. The van der Waals surface area contributed by atoms with Crippen LogP contribution < -0.4 is 4.72 Å². The van der Waals surface area contributed by atoms with Crippen LogP contribution in [-0.4, -0.2) is 66.3 Å². The Morgan fingerprint density at radius 2 is 1.88 bits per heavy atom. The molecule has 3 heterocycles. The third-order valence-electron chi connectivity index (χ3n) is 10.1. The molecule has 49 heavy (non-hydrogen) atoms. The Labute approximate surface area is 289 Å². The van der Waals surface area contributed by atoms with Gasteiger partial charge in [0.25, 0.3) is 15.9 Å². The van der Waals surface area contributed by atoms with Gasteiger partial charge < -0.3 is 14.2 Å². The molecule has 1 aromatic heterocycles. The lowest BCUT2D eigenvalue weighted by Gasteiger charge is -2.25. The predicted molar refractivity (Wildman–Crippen MR) is 187 cm³/mol. The highest BCUT2D eigenvalue weighted by atomic mass is 32.2. The van der Waals surface area contributed by atoms with Gasteiger partial charge in [0.05, 0.1) is 24.6 Å². The number of unbranched alkanes of at least 4 members (excludes halogenated alkanes) is 1. The average molecular weight is 690 g/mol. The zero-order valence-electron chi connectivity index (χ0n) is 29.0. The Hall–Kier alpha value is -4.03. The minimum atomic E-state index is -4.03. The number of carbonyl (C=O) groups excluding carboxylic acids is 2. The number of amidine groups is 1. The number of benzene rings is 2. The van der Waals surface area contributed by atoms with Crippen molar-refractivity contribution in [2.75, 3.05) is 24.4 Å². The second kappa shape index (κ2) is 14.4. The third-order valence-corrected chi connectivity index (χ3v) is 11.5. The maximum atomic E-state index is 14.2. The molecule has 0 unspecified atom stereocenters. The van der Waals surface area contributed by atoms with E-state index >= 15 is 0 Å². The second-order valence-electron chi connectivity index (χ2n) is 13.5. The standard InChI is InChI=1S/C37H47N5O6S/c1-5-7-16-33-38-37(19-20-41(24-37)35(43)28-12-8-9-13-28)36(44)42(33)22-27-17-18-30(29(21-27)23-47-6-2)31-14-10-11-15-32(31)49(45,46)40-34-25(3)26(4)48-39-34/h10-11,14-15,17-18,21,28H,5-9,12-13,16,19-20,22-24H2,1-4H3,(H,39,40)/t37-/m0/s1. The number of nitrogens with zero attached hydrogens (tertiary/aromatic N) is 4. The van der Waals surface area contributed by atoms with E-state index in [0.717, 1.165) is 55.5 Å². The number of anilines is 1. The largest absolute Gasteiger partial charge is 0.377 e. The van der Waals surface area contributed by atoms with Gasteiger partial charge in [-0.1, -0.05) is 67.7 Å². The van der Waals surface area contributed by atoms with Crippen LogP contribution in [0.15, 0.2) is 56.9 Å². The summed E-state index contributed by atoms with van der Waals surface area (Å²) in [5.41, 5.74) is 2.62. The number of aliphatic imine (C=N–C) groups is 1. The molecule has 3 aromatic rings. The Morgan fingerprint density at radius 3 is 2.59 bits per heavy atom. The number of aromatic nitrogens is 1. The van der Waals surface area contributed by atoms with Crippen molar-refractivity contribution in [2.24, 2.45) is 10.9 Å². The van der Waals surface area contributed by atoms with Gasteiger partial charge in [0.2, 0.25) is 5.91 Å². The van der Waals surface area contributed by atoms with E-state index in [0.29, 0.717) is 61.5 Å². The fourth-order valence-electron chi connectivity index (χ4n) is 7.23. The van der Waals surface area contributed by atoms with Crippen molar-refractivity contribution < 1.29 is 27.3 Å². The zero-order valence-corrected chi connectivity index (χ0v) is 29.8. The highest BCUT2D eigenvalue weighted by Gasteiger charge is 2.53. The molecule has 1 aliphatic carbocycles. The summed E-state index contributed by atoms with van der Waals surface area (Å²) in [7, 11) is -4.03. The van der Waals surface area contributed by atoms with Gasteiger partial charge in [-0.3, -0.25) is 24.2 Å². The first-order chi connectivity index (χ1) is 23.6. The van der Waals surface area contributed by atoms with Crippen molar-refractivity contribution in [2.45, 2.75) is 103 Å². The average Bonchev–Trinajstić information content (AvgIpc) is 3.90. The first-order valence-corrected chi connectivity index (χ1v) is 19.0. The third kappa shape index (κ3) is 7.03. The molecular weight excluding hydrogens is 643 g/mol. The van der Waals surface area contributed by atoms with Crippen molar-refractivity contribution in [3.63, 3.8) is 0 Å². The van der Waals surface area contributed by atoms with E-state index in [-0.39, 0.29) is 35.1 Å². The number of sulfonamides is 1. The van der Waals surface area contributed by atoms with E-state index in [4.69, 9.17) is 14.3 Å². The molecule has 1 saturated heterocycles. The van der Waals surface area contributed by atoms with Crippen LogP contribution in [0.1, 0.15) is 87.7 Å². The first-order valence-electron chi connectivity index (χ1n) is 17.5. The molecule has 6 rings (SSSR count). The van der Waals surface area contributed by atoms with Crippen LogP contribution in [0.4, 0.5) is 5.82 Å². The summed E-state index contributed by atoms with van der Waals surface area (Å²) < 4.78 is 41.0. The predicted octanol–water partition coefficient (Wildman–Crippen LogP) is 6.39. The van der Waals surface area contributed by atoms with Crippen LogP contribution in [0.5, 0.6) is 0 Å². The number of hydrogen-bond donors (Lipinski definition) is 1. The fraction of sp³-hybridized carbons (Fsp3) is 0.514. The Balaban J connectivity index is 1.28. The van der Waals surface area contributed by atoms with Crippen molar-refractivity contribution in [1.82, 2.24) is 15.0 Å². The number of likely N-dealkylation sites (tertiary alicyclic amines) is 1. The topological polar surface area (TPSA) is 134 Å². The van der Waals surface area contributed by atoms with Gasteiger partial charge in [0, 0.05) is 43.0 Å². The maximum Gasteiger partial charge on any atom is 0.263 e. The number of ether oxygens (including phenoxy) is 1. The molecule has 262 valence electrons. The van der Waals surface area contributed by atoms with Gasteiger partial charge in [-0.05, 0) is 62.8 Å². The Morgan fingerprint density at radius 1 is 1.10 bits per heavy atom. The summed E-state index contributed by atoms with van der Waals surface area (Å²) in [6, 6.07) is 12.7. The summed E-state index contributed by atoms with van der Waals surface area (Å²) in [4.78, 5) is 36.4. The van der Waals surface area contributed by atoms with Crippen molar-refractivity contribution in [3.8, 4) is 11.1 Å². The smallest absolute Gasteiger partial charge is 0.263 e. The number of rotatable bonds is 13. The molecule has 2 fully saturated rings. The molecule has 2 amide bonds. The molecule has 2 aromatic carbocycles. The summed E-state index contributed by atoms with van der Waals surface area (Å²) in [5, 5.41) is 3.89. The maximum absolute atomic E-state index is 14.2. The number of hydrogen-bond acceptors (Lipinski definition) is 8. The van der Waals surface area contributed by atoms with Gasteiger partial charge in [-0.25, -0.2) is 8.42 Å². The van der Waals surface area contributed by atoms with Crippen molar-refractivity contribution in [3.05, 3.63) is 64.9 Å². The number of carbonyl (C=O) groups is 2. The van der Waals surface area contributed by atoms with E-state index in [1.165, 1.54) is 0 Å². The summed E-state index contributed by atoms with van der Waals surface area (Å²) in [6.07, 6.45) is 7.15. The molecule has 0 bridgehead atoms. The van der Waals surface area contributed by atoms with E-state index in [1.807, 2.05) is 34.9 Å². The lowest BCUT2D eigenvalue weighted by Crippen LogP contribution is -2.45. The summed E-state index contributed by atoms with van der Waals surface area (Å²) in [6.45, 7) is 9.47.